The van der Waals surface area contributed by atoms with Gasteiger partial charge in [-0.2, -0.15) is 0 Å². The molecule has 2 N–H and O–H groups in total. The van der Waals surface area contributed by atoms with Gasteiger partial charge >= 0.3 is 5.97 Å². The van der Waals surface area contributed by atoms with E-state index in [0.717, 1.165) is 0 Å². The van der Waals surface area contributed by atoms with Gasteiger partial charge < -0.3 is 14.6 Å². The number of esters is 1. The van der Waals surface area contributed by atoms with Gasteiger partial charge in [-0.15, -0.1) is 0 Å². The molecule has 1 rings (SSSR count). The molecule has 13 heavy (non-hydrogen) atoms. The van der Waals surface area contributed by atoms with Crippen molar-refractivity contribution in [2.45, 2.75) is 19.1 Å². The van der Waals surface area contributed by atoms with Crippen molar-refractivity contribution < 1.29 is 19.4 Å². The maximum atomic E-state index is 10.9. The number of rotatable bonds is 4. The third kappa shape index (κ3) is 3.30. The fourth-order valence-electron chi connectivity index (χ4n) is 1.16. The number of ether oxygens (including phenoxy) is 2. The van der Waals surface area contributed by atoms with Gasteiger partial charge in [0.1, 0.15) is 0 Å². The van der Waals surface area contributed by atoms with Crippen LogP contribution in [0.2, 0.25) is 0 Å². The predicted molar refractivity (Wildman–Crippen MR) is 45.2 cm³/mol. The monoisotopic (exact) mass is 189 g/mol. The summed E-state index contributed by atoms with van der Waals surface area (Å²) in [5.41, 5.74) is 0. The van der Waals surface area contributed by atoms with Crippen LogP contribution in [0.5, 0.6) is 0 Å². The van der Waals surface area contributed by atoms with E-state index in [2.05, 4.69) is 5.32 Å². The normalized spacial score (nSPS) is 27.5. The van der Waals surface area contributed by atoms with Gasteiger partial charge in [-0.1, -0.05) is 0 Å². The van der Waals surface area contributed by atoms with Gasteiger partial charge in [-0.3, -0.25) is 10.1 Å². The summed E-state index contributed by atoms with van der Waals surface area (Å²) in [6.45, 7) is 3.04. The molecule has 0 radical (unpaired) electrons. The second kappa shape index (κ2) is 5.16. The molecule has 1 fully saturated rings. The first-order valence-electron chi connectivity index (χ1n) is 4.39. The van der Waals surface area contributed by atoms with Crippen LogP contribution in [0.15, 0.2) is 0 Å². The number of nitrogens with one attached hydrogen (secondary N) is 1. The third-order valence-electron chi connectivity index (χ3n) is 1.86. The zero-order valence-corrected chi connectivity index (χ0v) is 7.66. The van der Waals surface area contributed by atoms with E-state index in [1.807, 2.05) is 0 Å². The molecule has 5 heteroatoms. The molecule has 0 amide bonds. The summed E-state index contributed by atoms with van der Waals surface area (Å²) < 4.78 is 9.71. The first-order valence-corrected chi connectivity index (χ1v) is 4.39. The van der Waals surface area contributed by atoms with Crippen LogP contribution in [0.3, 0.4) is 0 Å². The molecule has 1 aliphatic heterocycles. The van der Waals surface area contributed by atoms with Gasteiger partial charge in [-0.05, 0) is 6.92 Å². The van der Waals surface area contributed by atoms with Crippen molar-refractivity contribution in [2.75, 3.05) is 26.4 Å². The van der Waals surface area contributed by atoms with E-state index >= 15 is 0 Å². The number of carbonyl (C=O) groups is 1. The van der Waals surface area contributed by atoms with E-state index in [-0.39, 0.29) is 18.6 Å². The maximum Gasteiger partial charge on any atom is 0.319 e. The van der Waals surface area contributed by atoms with Gasteiger partial charge in [0.25, 0.3) is 0 Å². The molecule has 2 atom stereocenters. The fourth-order valence-corrected chi connectivity index (χ4v) is 1.16. The highest BCUT2D eigenvalue weighted by atomic mass is 16.5. The Kier molecular flexibility index (Phi) is 4.14. The highest BCUT2D eigenvalue weighted by Gasteiger charge is 2.25. The lowest BCUT2D eigenvalue weighted by Crippen LogP contribution is -2.41. The van der Waals surface area contributed by atoms with Crippen molar-refractivity contribution in [3.8, 4) is 0 Å². The van der Waals surface area contributed by atoms with E-state index in [4.69, 9.17) is 9.47 Å². The van der Waals surface area contributed by atoms with Gasteiger partial charge in [0.2, 0.25) is 0 Å². The zero-order valence-electron chi connectivity index (χ0n) is 7.66. The van der Waals surface area contributed by atoms with Crippen LogP contribution in [0.4, 0.5) is 0 Å². The molecule has 0 saturated carbocycles. The number of carbonyl (C=O) groups excluding carboxylic acids is 1. The minimum absolute atomic E-state index is 0.124. The summed E-state index contributed by atoms with van der Waals surface area (Å²) in [7, 11) is 0. The molecule has 1 heterocycles. The Morgan fingerprint density at radius 3 is 3.00 bits per heavy atom. The summed E-state index contributed by atoms with van der Waals surface area (Å²) in [6.07, 6.45) is -0.519. The van der Waals surface area contributed by atoms with Crippen LogP contribution in [-0.2, 0) is 14.3 Å². The Morgan fingerprint density at radius 2 is 2.46 bits per heavy atom. The van der Waals surface area contributed by atoms with Crippen molar-refractivity contribution >= 4 is 5.97 Å². The van der Waals surface area contributed by atoms with Crippen LogP contribution in [-0.4, -0.2) is 49.6 Å². The zero-order chi connectivity index (χ0) is 9.68. The van der Waals surface area contributed by atoms with E-state index in [0.29, 0.717) is 19.8 Å². The summed E-state index contributed by atoms with van der Waals surface area (Å²) >= 11 is 0. The molecule has 5 nitrogen and oxygen atoms in total. The van der Waals surface area contributed by atoms with Crippen LogP contribution < -0.4 is 5.32 Å². The Bertz CT molecular complexity index is 174. The number of aliphatic hydroxyl groups excluding tert-OH is 1. The topological polar surface area (TPSA) is 67.8 Å². The minimum atomic E-state index is -0.519. The van der Waals surface area contributed by atoms with E-state index in [1.165, 1.54) is 0 Å². The lowest BCUT2D eigenvalue weighted by Gasteiger charge is -2.13. The van der Waals surface area contributed by atoms with Gasteiger partial charge in [0, 0.05) is 0 Å². The molecule has 0 spiro atoms. The molecule has 0 aromatic heterocycles. The van der Waals surface area contributed by atoms with Crippen LogP contribution in [0.25, 0.3) is 0 Å². The molecular weight excluding hydrogens is 174 g/mol. The molecule has 0 aromatic carbocycles. The first kappa shape index (κ1) is 10.4. The molecule has 1 saturated heterocycles. The average Bonchev–Trinajstić information content (AvgIpc) is 2.48. The van der Waals surface area contributed by atoms with Crippen molar-refractivity contribution in [1.29, 1.82) is 0 Å². The van der Waals surface area contributed by atoms with Crippen LogP contribution in [0, 0.1) is 0 Å². The van der Waals surface area contributed by atoms with E-state index in [1.54, 1.807) is 6.92 Å². The average molecular weight is 189 g/mol. The lowest BCUT2D eigenvalue weighted by atomic mass is 10.2. The van der Waals surface area contributed by atoms with Crippen molar-refractivity contribution in [2.24, 2.45) is 0 Å². The Balaban J connectivity index is 2.14. The number of aliphatic hydroxyl groups is 1. The Morgan fingerprint density at radius 1 is 1.69 bits per heavy atom. The minimum Gasteiger partial charge on any atom is -0.465 e. The third-order valence-corrected chi connectivity index (χ3v) is 1.86. The Hall–Kier alpha value is -0.650. The molecule has 1 aliphatic rings. The van der Waals surface area contributed by atoms with Gasteiger partial charge in [-0.25, -0.2) is 0 Å². The molecule has 0 bridgehead atoms. The summed E-state index contributed by atoms with van der Waals surface area (Å²) in [4.78, 5) is 10.9. The van der Waals surface area contributed by atoms with Crippen LogP contribution in [0.1, 0.15) is 6.92 Å². The molecule has 2 unspecified atom stereocenters. The first-order chi connectivity index (χ1) is 6.24. The second-order valence-electron chi connectivity index (χ2n) is 2.90. The summed E-state index contributed by atoms with van der Waals surface area (Å²) in [6, 6.07) is -0.149. The van der Waals surface area contributed by atoms with Gasteiger partial charge in [0.15, 0.2) is 0 Å². The number of hydrogen-bond donors (Lipinski definition) is 2. The molecule has 76 valence electrons. The smallest absolute Gasteiger partial charge is 0.319 e. The maximum absolute atomic E-state index is 10.9. The summed E-state index contributed by atoms with van der Waals surface area (Å²) in [5.74, 6) is -0.304. The van der Waals surface area contributed by atoms with Crippen molar-refractivity contribution in [1.82, 2.24) is 5.32 Å². The highest BCUT2D eigenvalue weighted by Crippen LogP contribution is 2.04. The predicted octanol–water partition coefficient (Wildman–Crippen LogP) is -1.10. The molecular formula is C8H15NO4. The molecule has 0 aliphatic carbocycles. The van der Waals surface area contributed by atoms with Crippen LogP contribution >= 0.6 is 0 Å². The van der Waals surface area contributed by atoms with Gasteiger partial charge in [0.05, 0.1) is 38.5 Å². The van der Waals surface area contributed by atoms with Crippen molar-refractivity contribution in [3.05, 3.63) is 0 Å². The SMILES string of the molecule is CCOC(=O)CNC1COCC1O. The highest BCUT2D eigenvalue weighted by molar-refractivity contribution is 5.71. The second-order valence-corrected chi connectivity index (χ2v) is 2.90. The number of hydrogen-bond acceptors (Lipinski definition) is 5. The van der Waals surface area contributed by atoms with Crippen molar-refractivity contribution in [3.63, 3.8) is 0 Å². The van der Waals surface area contributed by atoms with E-state index in [9.17, 15) is 9.90 Å². The lowest BCUT2D eigenvalue weighted by molar-refractivity contribution is -0.142. The summed E-state index contributed by atoms with van der Waals surface area (Å²) in [5, 5.41) is 12.2. The Labute approximate surface area is 77.0 Å². The largest absolute Gasteiger partial charge is 0.465 e. The quantitative estimate of drug-likeness (QED) is 0.549. The fraction of sp³-hybridized carbons (Fsp3) is 0.875. The van der Waals surface area contributed by atoms with E-state index < -0.39 is 6.10 Å². The molecule has 0 aromatic rings. The standard InChI is InChI=1S/C8H15NO4/c1-2-13-8(11)3-9-6-4-12-5-7(6)10/h6-7,9-10H,2-5H2,1H3.